The number of amides is 2. The van der Waals surface area contributed by atoms with E-state index >= 15 is 0 Å². The zero-order valence-electron chi connectivity index (χ0n) is 12.3. The lowest BCUT2D eigenvalue weighted by molar-refractivity contribution is -0.253. The Bertz CT molecular complexity index is 437. The van der Waals surface area contributed by atoms with Crippen LogP contribution in [0.2, 0.25) is 0 Å². The topological polar surface area (TPSA) is 165 Å². The molecule has 0 aromatic heterocycles. The van der Waals surface area contributed by atoms with E-state index < -0.39 is 55.1 Å². The van der Waals surface area contributed by atoms with E-state index in [0.717, 1.165) is 11.8 Å². The first-order chi connectivity index (χ1) is 10.8. The molecule has 0 saturated carbocycles. The van der Waals surface area contributed by atoms with Gasteiger partial charge in [0.2, 0.25) is 11.8 Å². The van der Waals surface area contributed by atoms with Gasteiger partial charge >= 0.3 is 0 Å². The Morgan fingerprint density at radius 1 is 1.30 bits per heavy atom. The molecule has 2 amide bonds. The van der Waals surface area contributed by atoms with Gasteiger partial charge in [-0.3, -0.25) is 14.4 Å². The lowest BCUT2D eigenvalue weighted by atomic mass is 9.97. The molecule has 11 heteroatoms. The molecule has 0 unspecified atom stereocenters. The van der Waals surface area contributed by atoms with Gasteiger partial charge in [0.05, 0.1) is 6.61 Å². The van der Waals surface area contributed by atoms with Crippen molar-refractivity contribution in [2.45, 2.75) is 43.6 Å². The average molecular weight is 352 g/mol. The Morgan fingerprint density at radius 3 is 2.48 bits per heavy atom. The zero-order chi connectivity index (χ0) is 17.6. The molecule has 0 radical (unpaired) electrons. The van der Waals surface area contributed by atoms with Crippen molar-refractivity contribution in [1.29, 1.82) is 0 Å². The maximum Gasteiger partial charge on any atom is 0.243 e. The van der Waals surface area contributed by atoms with Crippen molar-refractivity contribution in [2.75, 3.05) is 12.4 Å². The van der Waals surface area contributed by atoms with Gasteiger partial charge in [-0.15, -0.1) is 0 Å². The van der Waals surface area contributed by atoms with Crippen molar-refractivity contribution in [3.8, 4) is 0 Å². The maximum absolute atomic E-state index is 12.1. The Morgan fingerprint density at radius 2 is 1.96 bits per heavy atom. The number of rotatable bonds is 7. The minimum absolute atomic E-state index is 0.0451. The SMILES string of the molecule is CC(=O)N[C@@H](CSC=O)C(=O)N[C@@H]1[C@@H](O)[C@H](O)[C@@H](CO)O[C@@H]1O. The second-order valence-corrected chi connectivity index (χ2v) is 5.81. The van der Waals surface area contributed by atoms with E-state index in [1.807, 2.05) is 0 Å². The van der Waals surface area contributed by atoms with Gasteiger partial charge in [0.15, 0.2) is 11.9 Å². The van der Waals surface area contributed by atoms with Crippen LogP contribution in [0.15, 0.2) is 0 Å². The van der Waals surface area contributed by atoms with Gasteiger partial charge < -0.3 is 35.8 Å². The maximum atomic E-state index is 12.1. The predicted octanol–water partition coefficient (Wildman–Crippen LogP) is -3.67. The van der Waals surface area contributed by atoms with Crippen LogP contribution in [-0.4, -0.2) is 86.9 Å². The summed E-state index contributed by atoms with van der Waals surface area (Å²) in [5, 5.41) is 43.0. The highest BCUT2D eigenvalue weighted by Crippen LogP contribution is 2.19. The summed E-state index contributed by atoms with van der Waals surface area (Å²) in [5.41, 5.74) is 0.505. The van der Waals surface area contributed by atoms with Crippen LogP contribution in [-0.2, 0) is 19.1 Å². The van der Waals surface area contributed by atoms with Gasteiger partial charge in [-0.25, -0.2) is 0 Å². The van der Waals surface area contributed by atoms with Crippen molar-refractivity contribution in [3.63, 3.8) is 0 Å². The van der Waals surface area contributed by atoms with Gasteiger partial charge in [0.25, 0.3) is 0 Å². The van der Waals surface area contributed by atoms with E-state index in [1.54, 1.807) is 0 Å². The van der Waals surface area contributed by atoms with Crippen molar-refractivity contribution < 1.29 is 39.5 Å². The van der Waals surface area contributed by atoms with Crippen molar-refractivity contribution in [2.24, 2.45) is 0 Å². The number of hydrogen-bond donors (Lipinski definition) is 6. The smallest absolute Gasteiger partial charge is 0.243 e. The molecule has 1 aliphatic heterocycles. The van der Waals surface area contributed by atoms with E-state index in [0.29, 0.717) is 5.62 Å². The number of carbonyl (C=O) groups is 3. The summed E-state index contributed by atoms with van der Waals surface area (Å²) in [6, 6.07) is -2.44. The largest absolute Gasteiger partial charge is 0.394 e. The highest BCUT2D eigenvalue weighted by molar-refractivity contribution is 8.11. The van der Waals surface area contributed by atoms with E-state index in [-0.39, 0.29) is 5.75 Å². The Hall–Kier alpha value is -1.24. The number of ether oxygens (including phenoxy) is 1. The monoisotopic (exact) mass is 352 g/mol. The number of aliphatic hydroxyl groups excluding tert-OH is 4. The standard InChI is InChI=1S/C12H20N2O8S/c1-5(17)13-6(3-23-4-16)11(20)14-8-10(19)9(18)7(2-15)22-12(8)21/h4,6-10,12,15,18-19,21H,2-3H2,1H3,(H,13,17)(H,14,20)/t6-,7+,8+,9+,10+,12-/m0/s1. The summed E-state index contributed by atoms with van der Waals surface area (Å²) in [6.07, 6.45) is -5.95. The highest BCUT2D eigenvalue weighted by Gasteiger charge is 2.44. The summed E-state index contributed by atoms with van der Waals surface area (Å²) in [6.45, 7) is 0.565. The summed E-state index contributed by atoms with van der Waals surface area (Å²) < 4.78 is 4.91. The molecule has 0 spiro atoms. The van der Waals surface area contributed by atoms with E-state index in [1.165, 1.54) is 6.92 Å². The lowest BCUT2D eigenvalue weighted by Crippen LogP contribution is -2.65. The second kappa shape index (κ2) is 9.15. The van der Waals surface area contributed by atoms with E-state index in [9.17, 15) is 29.7 Å². The third-order valence-electron chi connectivity index (χ3n) is 3.23. The van der Waals surface area contributed by atoms with Crippen LogP contribution in [0, 0.1) is 0 Å². The minimum atomic E-state index is -1.66. The fourth-order valence-corrected chi connectivity index (χ4v) is 2.59. The van der Waals surface area contributed by atoms with Crippen LogP contribution >= 0.6 is 11.8 Å². The number of aliphatic hydroxyl groups is 4. The normalized spacial score (nSPS) is 32.0. The second-order valence-electron chi connectivity index (χ2n) is 4.95. The summed E-state index contributed by atoms with van der Waals surface area (Å²) in [7, 11) is 0. The highest BCUT2D eigenvalue weighted by atomic mass is 32.2. The molecule has 6 atom stereocenters. The van der Waals surface area contributed by atoms with Crippen LogP contribution in [0.1, 0.15) is 6.92 Å². The summed E-state index contributed by atoms with van der Waals surface area (Å²) >= 11 is 0.760. The molecule has 132 valence electrons. The third-order valence-corrected chi connectivity index (χ3v) is 3.90. The van der Waals surface area contributed by atoms with Crippen molar-refractivity contribution in [1.82, 2.24) is 10.6 Å². The van der Waals surface area contributed by atoms with Gasteiger partial charge in [-0.2, -0.15) is 0 Å². The minimum Gasteiger partial charge on any atom is -0.394 e. The number of carbonyl (C=O) groups excluding carboxylic acids is 3. The first-order valence-corrected chi connectivity index (χ1v) is 7.80. The molecule has 0 aromatic rings. The molecule has 1 saturated heterocycles. The Labute approximate surface area is 136 Å². The van der Waals surface area contributed by atoms with E-state index in [4.69, 9.17) is 9.84 Å². The van der Waals surface area contributed by atoms with Crippen molar-refractivity contribution >= 4 is 29.2 Å². The molecule has 0 bridgehead atoms. The predicted molar refractivity (Wildman–Crippen MR) is 78.7 cm³/mol. The number of hydrogen-bond acceptors (Lipinski definition) is 9. The van der Waals surface area contributed by atoms with Gasteiger partial charge in [0, 0.05) is 12.7 Å². The number of nitrogens with one attached hydrogen (secondary N) is 2. The quantitative estimate of drug-likeness (QED) is 0.253. The van der Waals surface area contributed by atoms with Crippen LogP contribution in [0.4, 0.5) is 0 Å². The van der Waals surface area contributed by atoms with Gasteiger partial charge in [-0.05, 0) is 0 Å². The molecule has 1 rings (SSSR count). The molecular formula is C12H20N2O8S. The zero-order valence-corrected chi connectivity index (χ0v) is 13.1. The van der Waals surface area contributed by atoms with Crippen LogP contribution in [0.5, 0.6) is 0 Å². The molecule has 23 heavy (non-hydrogen) atoms. The molecule has 6 N–H and O–H groups in total. The summed E-state index contributed by atoms with van der Waals surface area (Å²) in [5.74, 6) is -1.31. The van der Waals surface area contributed by atoms with Crippen LogP contribution < -0.4 is 10.6 Å². The molecule has 1 heterocycles. The van der Waals surface area contributed by atoms with Crippen molar-refractivity contribution in [3.05, 3.63) is 0 Å². The molecule has 1 fully saturated rings. The molecule has 0 aliphatic carbocycles. The summed E-state index contributed by atoms with van der Waals surface area (Å²) in [4.78, 5) is 33.6. The van der Waals surface area contributed by atoms with E-state index in [2.05, 4.69) is 10.6 Å². The fraction of sp³-hybridized carbons (Fsp3) is 0.750. The first kappa shape index (κ1) is 19.8. The lowest BCUT2D eigenvalue weighted by Gasteiger charge is -2.40. The van der Waals surface area contributed by atoms with Crippen LogP contribution in [0.3, 0.4) is 0 Å². The van der Waals surface area contributed by atoms with Gasteiger partial charge in [0.1, 0.15) is 30.4 Å². The molecular weight excluding hydrogens is 332 g/mol. The average Bonchev–Trinajstić information content (AvgIpc) is 2.50. The fourth-order valence-electron chi connectivity index (χ4n) is 2.08. The molecule has 10 nitrogen and oxygen atoms in total. The number of thioether (sulfide) groups is 1. The molecule has 1 aliphatic rings. The van der Waals surface area contributed by atoms with Gasteiger partial charge in [-0.1, -0.05) is 11.8 Å². The first-order valence-electron chi connectivity index (χ1n) is 6.75. The third kappa shape index (κ3) is 5.41. The molecule has 0 aromatic carbocycles. The van der Waals surface area contributed by atoms with Crippen LogP contribution in [0.25, 0.3) is 0 Å². The Kier molecular flexibility index (Phi) is 7.88. The Balaban J connectivity index is 2.75.